The van der Waals surface area contributed by atoms with Gasteiger partial charge in [0.25, 0.3) is 0 Å². The standard InChI is InChI=1S/C16H24N2O2S/c1-11(19)12-6-5-7-13(10-12)17-16(20)18-14-8-3-4-9-15(14)21-2/h5-7,10-11,14-15,19H,3-4,8-9H2,1-2H3,(H2,17,18,20). The zero-order valence-electron chi connectivity index (χ0n) is 12.6. The molecule has 0 bridgehead atoms. The maximum Gasteiger partial charge on any atom is 0.319 e. The van der Waals surface area contributed by atoms with Crippen molar-refractivity contribution in [1.29, 1.82) is 0 Å². The summed E-state index contributed by atoms with van der Waals surface area (Å²) in [5.41, 5.74) is 1.51. The molecule has 3 N–H and O–H groups in total. The number of anilines is 1. The summed E-state index contributed by atoms with van der Waals surface area (Å²) in [4.78, 5) is 12.1. The van der Waals surface area contributed by atoms with Crippen molar-refractivity contribution in [2.45, 2.75) is 50.0 Å². The van der Waals surface area contributed by atoms with Gasteiger partial charge in [0.1, 0.15) is 0 Å². The van der Waals surface area contributed by atoms with E-state index >= 15 is 0 Å². The van der Waals surface area contributed by atoms with Crippen molar-refractivity contribution in [2.24, 2.45) is 0 Å². The Balaban J connectivity index is 1.93. The summed E-state index contributed by atoms with van der Waals surface area (Å²) in [6.45, 7) is 1.71. The highest BCUT2D eigenvalue weighted by atomic mass is 32.2. The molecule has 0 radical (unpaired) electrons. The number of urea groups is 1. The number of nitrogens with one attached hydrogen (secondary N) is 2. The highest BCUT2D eigenvalue weighted by Gasteiger charge is 2.25. The molecule has 4 nitrogen and oxygen atoms in total. The number of rotatable bonds is 4. The van der Waals surface area contributed by atoms with Crippen LogP contribution in [0.25, 0.3) is 0 Å². The van der Waals surface area contributed by atoms with Crippen molar-refractivity contribution < 1.29 is 9.90 Å². The van der Waals surface area contributed by atoms with Gasteiger partial charge < -0.3 is 15.7 Å². The van der Waals surface area contributed by atoms with Crippen LogP contribution in [0.1, 0.15) is 44.3 Å². The molecular formula is C16H24N2O2S. The Bertz CT molecular complexity index is 479. The molecule has 3 atom stereocenters. The van der Waals surface area contributed by atoms with Gasteiger partial charge in [-0.25, -0.2) is 4.79 Å². The summed E-state index contributed by atoms with van der Waals surface area (Å²) in [6, 6.07) is 7.40. The smallest absolute Gasteiger partial charge is 0.319 e. The predicted octanol–water partition coefficient (Wildman–Crippen LogP) is 3.54. The largest absolute Gasteiger partial charge is 0.389 e. The second-order valence-electron chi connectivity index (χ2n) is 5.57. The maximum atomic E-state index is 12.1. The Labute approximate surface area is 130 Å². The van der Waals surface area contributed by atoms with E-state index in [1.54, 1.807) is 13.0 Å². The molecule has 3 unspecified atom stereocenters. The van der Waals surface area contributed by atoms with E-state index in [2.05, 4.69) is 16.9 Å². The summed E-state index contributed by atoms with van der Waals surface area (Å²) in [6.07, 6.45) is 6.22. The molecule has 1 fully saturated rings. The number of thioether (sulfide) groups is 1. The van der Waals surface area contributed by atoms with Crippen molar-refractivity contribution in [3.63, 3.8) is 0 Å². The molecule has 0 aromatic heterocycles. The Morgan fingerprint density at radius 1 is 1.38 bits per heavy atom. The van der Waals surface area contributed by atoms with E-state index in [0.29, 0.717) is 10.9 Å². The van der Waals surface area contributed by atoms with Gasteiger partial charge in [-0.05, 0) is 43.7 Å². The summed E-state index contributed by atoms with van der Waals surface area (Å²) < 4.78 is 0. The lowest BCUT2D eigenvalue weighted by molar-refractivity contribution is 0.199. The highest BCUT2D eigenvalue weighted by Crippen LogP contribution is 2.27. The Morgan fingerprint density at radius 2 is 2.14 bits per heavy atom. The third kappa shape index (κ3) is 4.64. The molecule has 21 heavy (non-hydrogen) atoms. The molecule has 1 aromatic rings. The van der Waals surface area contributed by atoms with Crippen molar-refractivity contribution >= 4 is 23.5 Å². The van der Waals surface area contributed by atoms with Crippen LogP contribution in [0.4, 0.5) is 10.5 Å². The molecule has 0 saturated heterocycles. The third-order valence-electron chi connectivity index (χ3n) is 3.95. The third-order valence-corrected chi connectivity index (χ3v) is 5.12. The van der Waals surface area contributed by atoms with Gasteiger partial charge >= 0.3 is 6.03 Å². The van der Waals surface area contributed by atoms with Gasteiger partial charge in [0, 0.05) is 17.0 Å². The highest BCUT2D eigenvalue weighted by molar-refractivity contribution is 7.99. The molecule has 1 aliphatic rings. The van der Waals surface area contributed by atoms with Crippen LogP contribution in [0.3, 0.4) is 0 Å². The molecule has 5 heteroatoms. The zero-order valence-corrected chi connectivity index (χ0v) is 13.5. The van der Waals surface area contributed by atoms with Crippen molar-refractivity contribution in [3.8, 4) is 0 Å². The fourth-order valence-corrected chi connectivity index (χ4v) is 3.69. The molecule has 1 aliphatic carbocycles. The Kier molecular flexibility index (Phi) is 5.94. The normalized spacial score (nSPS) is 23.4. The number of aliphatic hydroxyl groups is 1. The fraction of sp³-hybridized carbons (Fsp3) is 0.562. The zero-order chi connectivity index (χ0) is 15.2. The quantitative estimate of drug-likeness (QED) is 0.797. The molecule has 0 spiro atoms. The molecule has 0 aliphatic heterocycles. The van der Waals surface area contributed by atoms with E-state index in [4.69, 9.17) is 0 Å². The summed E-state index contributed by atoms with van der Waals surface area (Å²) in [5, 5.41) is 16.0. The minimum absolute atomic E-state index is 0.163. The number of benzene rings is 1. The molecule has 0 heterocycles. The summed E-state index contributed by atoms with van der Waals surface area (Å²) >= 11 is 1.83. The first-order valence-corrected chi connectivity index (χ1v) is 8.77. The Morgan fingerprint density at radius 3 is 2.86 bits per heavy atom. The second-order valence-corrected chi connectivity index (χ2v) is 6.64. The maximum absolute atomic E-state index is 12.1. The molecule has 2 rings (SSSR count). The monoisotopic (exact) mass is 308 g/mol. The summed E-state index contributed by atoms with van der Waals surface area (Å²) in [7, 11) is 0. The van der Waals surface area contributed by atoms with Crippen LogP contribution in [-0.2, 0) is 0 Å². The van der Waals surface area contributed by atoms with E-state index in [9.17, 15) is 9.90 Å². The van der Waals surface area contributed by atoms with E-state index in [1.165, 1.54) is 19.3 Å². The van der Waals surface area contributed by atoms with Gasteiger partial charge in [0.2, 0.25) is 0 Å². The first-order valence-electron chi connectivity index (χ1n) is 7.48. The van der Waals surface area contributed by atoms with Crippen LogP contribution < -0.4 is 10.6 Å². The van der Waals surface area contributed by atoms with Crippen LogP contribution >= 0.6 is 11.8 Å². The summed E-state index contributed by atoms with van der Waals surface area (Å²) in [5.74, 6) is 0. The van der Waals surface area contributed by atoms with Crippen molar-refractivity contribution in [3.05, 3.63) is 29.8 Å². The topological polar surface area (TPSA) is 61.4 Å². The van der Waals surface area contributed by atoms with E-state index in [0.717, 1.165) is 12.0 Å². The average molecular weight is 308 g/mol. The lowest BCUT2D eigenvalue weighted by Crippen LogP contribution is -2.45. The van der Waals surface area contributed by atoms with E-state index in [-0.39, 0.29) is 12.1 Å². The molecule has 1 aromatic carbocycles. The number of hydrogen-bond donors (Lipinski definition) is 3. The molecule has 2 amide bonds. The van der Waals surface area contributed by atoms with Crippen molar-refractivity contribution in [1.82, 2.24) is 5.32 Å². The predicted molar refractivity (Wildman–Crippen MR) is 88.8 cm³/mol. The van der Waals surface area contributed by atoms with Crippen LogP contribution in [0.5, 0.6) is 0 Å². The number of hydrogen-bond acceptors (Lipinski definition) is 3. The van der Waals surface area contributed by atoms with Gasteiger partial charge in [-0.3, -0.25) is 0 Å². The first-order chi connectivity index (χ1) is 10.1. The lowest BCUT2D eigenvalue weighted by Gasteiger charge is -2.30. The number of aliphatic hydroxyl groups excluding tert-OH is 1. The van der Waals surface area contributed by atoms with E-state index < -0.39 is 6.10 Å². The second kappa shape index (κ2) is 7.71. The Hall–Kier alpha value is -1.20. The van der Waals surface area contributed by atoms with Gasteiger partial charge in [-0.1, -0.05) is 25.0 Å². The van der Waals surface area contributed by atoms with Crippen molar-refractivity contribution in [2.75, 3.05) is 11.6 Å². The number of amides is 2. The molecule has 116 valence electrons. The SMILES string of the molecule is CSC1CCCCC1NC(=O)Nc1cccc(C(C)O)c1. The fourth-order valence-electron chi connectivity index (χ4n) is 2.76. The van der Waals surface area contributed by atoms with Crippen LogP contribution in [0, 0.1) is 0 Å². The van der Waals surface area contributed by atoms with Crippen LogP contribution in [0.15, 0.2) is 24.3 Å². The van der Waals surface area contributed by atoms with E-state index in [1.807, 2.05) is 30.0 Å². The van der Waals surface area contributed by atoms with Crippen LogP contribution in [0.2, 0.25) is 0 Å². The van der Waals surface area contributed by atoms with Gasteiger partial charge in [-0.2, -0.15) is 11.8 Å². The van der Waals surface area contributed by atoms with Crippen LogP contribution in [-0.4, -0.2) is 28.7 Å². The molecular weight excluding hydrogens is 284 g/mol. The van der Waals surface area contributed by atoms with Gasteiger partial charge in [0.05, 0.1) is 6.10 Å². The lowest BCUT2D eigenvalue weighted by atomic mass is 9.95. The minimum atomic E-state index is -0.533. The van der Waals surface area contributed by atoms with Gasteiger partial charge in [-0.15, -0.1) is 0 Å². The first kappa shape index (κ1) is 16.2. The molecule has 1 saturated carbocycles. The van der Waals surface area contributed by atoms with Gasteiger partial charge in [0.15, 0.2) is 0 Å². The minimum Gasteiger partial charge on any atom is -0.389 e. The number of carbonyl (C=O) groups excluding carboxylic acids is 1. The average Bonchev–Trinajstić information content (AvgIpc) is 2.48. The number of carbonyl (C=O) groups is 1.